The smallest absolute Gasteiger partial charge is 0.462 e. The summed E-state index contributed by atoms with van der Waals surface area (Å²) in [5.74, 6) is -1.50. The van der Waals surface area contributed by atoms with Crippen molar-refractivity contribution in [1.82, 2.24) is 0 Å². The second-order valence-corrected chi connectivity index (χ2v) is 19.5. The van der Waals surface area contributed by atoms with Crippen LogP contribution in [0.25, 0.3) is 0 Å². The molecule has 69 heavy (non-hydrogen) atoms. The van der Waals surface area contributed by atoms with Gasteiger partial charge in [-0.2, -0.15) is 0 Å². The first-order chi connectivity index (χ1) is 32.9. The highest BCUT2D eigenvalue weighted by molar-refractivity contribution is 7.47. The van der Waals surface area contributed by atoms with Gasteiger partial charge in [0.15, 0.2) is 6.10 Å². The van der Waals surface area contributed by atoms with E-state index in [4.69, 9.17) is 18.5 Å². The number of unbranched alkanes of at least 4 members (excludes halogenated alkanes) is 9. The zero-order chi connectivity index (χ0) is 51.3. The summed E-state index contributed by atoms with van der Waals surface area (Å²) in [7, 11) is -10.8. The van der Waals surface area contributed by atoms with Crippen LogP contribution in [0.15, 0.2) is 85.1 Å². The van der Waals surface area contributed by atoms with E-state index in [1.165, 1.54) is 44.6 Å². The third-order valence-corrected chi connectivity index (χ3v) is 12.2. The van der Waals surface area contributed by atoms with Crippen LogP contribution < -0.4 is 0 Å². The average molecular weight is 1020 g/mol. The summed E-state index contributed by atoms with van der Waals surface area (Å²) in [6.07, 6.45) is 26.0. The third-order valence-electron chi connectivity index (χ3n) is 10.6. The van der Waals surface area contributed by atoms with E-state index in [9.17, 15) is 64.0 Å². The number of allylic oxidation sites excluding steroid dienone is 12. The normalized spacial score (nSPS) is 22.8. The second-order valence-electron chi connectivity index (χ2n) is 16.9. The van der Waals surface area contributed by atoms with Crippen molar-refractivity contribution in [3.05, 3.63) is 85.1 Å². The van der Waals surface area contributed by atoms with Crippen molar-refractivity contribution in [1.29, 1.82) is 0 Å². The van der Waals surface area contributed by atoms with E-state index in [-0.39, 0.29) is 25.7 Å². The lowest BCUT2D eigenvalue weighted by molar-refractivity contribution is -0.216. The van der Waals surface area contributed by atoms with Crippen LogP contribution in [-0.2, 0) is 41.8 Å². The molecular weight excluding hydrogens is 938 g/mol. The molecule has 0 aliphatic heterocycles. The summed E-state index contributed by atoms with van der Waals surface area (Å²) in [6.45, 7) is 2.76. The fourth-order valence-corrected chi connectivity index (χ4v) is 8.32. The van der Waals surface area contributed by atoms with Gasteiger partial charge in [0.05, 0.1) is 18.8 Å². The molecule has 0 heterocycles. The highest BCUT2D eigenvalue weighted by Crippen LogP contribution is 2.49. The van der Waals surface area contributed by atoms with Gasteiger partial charge in [0.2, 0.25) is 0 Å². The van der Waals surface area contributed by atoms with Crippen molar-refractivity contribution in [3.63, 3.8) is 0 Å². The molecule has 18 nitrogen and oxygen atoms in total. The molecule has 0 aromatic rings. The Morgan fingerprint density at radius 3 is 1.62 bits per heavy atom. The number of esters is 2. The lowest BCUT2D eigenvalue weighted by Gasteiger charge is -2.43. The molecule has 1 aliphatic rings. The molecule has 0 saturated heterocycles. The molecule has 1 rings (SSSR count). The van der Waals surface area contributed by atoms with Crippen molar-refractivity contribution in [2.45, 2.75) is 197 Å². The van der Waals surface area contributed by atoms with Crippen molar-refractivity contribution >= 4 is 27.6 Å². The van der Waals surface area contributed by atoms with Gasteiger partial charge in [-0.1, -0.05) is 150 Å². The minimum Gasteiger partial charge on any atom is -0.462 e. The molecule has 9 N–H and O–H groups in total. The van der Waals surface area contributed by atoms with E-state index < -0.39 is 95.7 Å². The Kier molecular flexibility index (Phi) is 36.0. The summed E-state index contributed by atoms with van der Waals surface area (Å²) >= 11 is 0. The molecule has 1 saturated carbocycles. The van der Waals surface area contributed by atoms with Crippen LogP contribution in [0.2, 0.25) is 0 Å². The van der Waals surface area contributed by atoms with Gasteiger partial charge >= 0.3 is 27.6 Å². The van der Waals surface area contributed by atoms with Gasteiger partial charge in [0.25, 0.3) is 0 Å². The molecule has 5 unspecified atom stereocenters. The van der Waals surface area contributed by atoms with Crippen molar-refractivity contribution in [2.75, 3.05) is 13.2 Å². The molecule has 396 valence electrons. The maximum atomic E-state index is 13.0. The van der Waals surface area contributed by atoms with Crippen LogP contribution in [0, 0.1) is 0 Å². The van der Waals surface area contributed by atoms with Gasteiger partial charge in [-0.3, -0.25) is 23.2 Å². The van der Waals surface area contributed by atoms with E-state index >= 15 is 0 Å². The maximum absolute atomic E-state index is 13.0. The summed E-state index contributed by atoms with van der Waals surface area (Å²) in [4.78, 5) is 54.3. The van der Waals surface area contributed by atoms with Crippen molar-refractivity contribution in [3.8, 4) is 0 Å². The largest absolute Gasteiger partial charge is 0.472 e. The Balaban J connectivity index is 2.73. The number of hydrogen-bond acceptors (Lipinski definition) is 15. The highest BCUT2D eigenvalue weighted by Gasteiger charge is 2.54. The summed E-state index contributed by atoms with van der Waals surface area (Å²) in [5, 5.41) is 61.5. The fourth-order valence-electron chi connectivity index (χ4n) is 6.78. The number of carbonyl (C=O) groups is 2. The van der Waals surface area contributed by atoms with Gasteiger partial charge in [-0.25, -0.2) is 9.13 Å². The van der Waals surface area contributed by atoms with Crippen molar-refractivity contribution in [2.24, 2.45) is 0 Å². The molecule has 1 aliphatic carbocycles. The van der Waals surface area contributed by atoms with Crippen LogP contribution >= 0.6 is 15.6 Å². The average Bonchev–Trinajstić information content (AvgIpc) is 3.29. The predicted molar refractivity (Wildman–Crippen MR) is 262 cm³/mol. The molecule has 0 amide bonds. The van der Waals surface area contributed by atoms with Crippen LogP contribution in [0.5, 0.6) is 0 Å². The Bertz CT molecular complexity index is 1690. The molecule has 0 spiro atoms. The molecular formula is C49H82O18P2. The molecule has 0 bridgehead atoms. The van der Waals surface area contributed by atoms with Gasteiger partial charge < -0.3 is 54.8 Å². The first-order valence-corrected chi connectivity index (χ1v) is 27.4. The van der Waals surface area contributed by atoms with Gasteiger partial charge in [-0.05, 0) is 64.2 Å². The van der Waals surface area contributed by atoms with Crippen molar-refractivity contribution < 1.29 is 87.1 Å². The highest BCUT2D eigenvalue weighted by atomic mass is 31.2. The van der Waals surface area contributed by atoms with Crippen LogP contribution in [0.4, 0.5) is 0 Å². The van der Waals surface area contributed by atoms with E-state index in [1.807, 2.05) is 30.4 Å². The molecule has 1 fully saturated rings. The first kappa shape index (κ1) is 64.1. The monoisotopic (exact) mass is 1020 g/mol. The van der Waals surface area contributed by atoms with Crippen LogP contribution in [0.1, 0.15) is 142 Å². The number of carbonyl (C=O) groups excluding carboxylic acids is 2. The SMILES string of the molecule is CCCCCCCC/C=C\C/C=C\C/C=C\CCCC(=O)OC[C@H](COP(=O)(O)O[C@H]1C(O)C(O)C(O)[C@@H](OP(=O)(O)O)C1O)OC(=O)CCC[C@H](O)/C=C/C=C\C/C=C\C=C\[C@H](O)CCCCC. The number of aliphatic hydroxyl groups excluding tert-OH is 6. The van der Waals surface area contributed by atoms with Gasteiger partial charge in [-0.15, -0.1) is 0 Å². The van der Waals surface area contributed by atoms with Crippen LogP contribution in [-0.4, -0.2) is 125 Å². The molecule has 20 heteroatoms. The van der Waals surface area contributed by atoms with Crippen LogP contribution in [0.3, 0.4) is 0 Å². The van der Waals surface area contributed by atoms with Gasteiger partial charge in [0, 0.05) is 12.8 Å². The van der Waals surface area contributed by atoms with E-state index in [0.717, 1.165) is 44.9 Å². The summed E-state index contributed by atoms with van der Waals surface area (Å²) in [6, 6.07) is 0. The molecule has 10 atom stereocenters. The Hall–Kier alpha value is -2.90. The van der Waals surface area contributed by atoms with E-state index in [0.29, 0.717) is 19.3 Å². The van der Waals surface area contributed by atoms with E-state index in [1.54, 1.807) is 24.3 Å². The Morgan fingerprint density at radius 1 is 0.536 bits per heavy atom. The minimum atomic E-state index is -5.40. The number of phosphoric ester groups is 2. The zero-order valence-electron chi connectivity index (χ0n) is 40.4. The number of hydrogen-bond donors (Lipinski definition) is 9. The lowest BCUT2D eigenvalue weighted by Crippen LogP contribution is -2.64. The topological polar surface area (TPSA) is 296 Å². The number of phosphoric acid groups is 2. The first-order valence-electron chi connectivity index (χ1n) is 24.3. The number of ether oxygens (including phenoxy) is 2. The predicted octanol–water partition coefficient (Wildman–Crippen LogP) is 7.34. The van der Waals surface area contributed by atoms with Gasteiger partial charge in [0.1, 0.15) is 43.2 Å². The lowest BCUT2D eigenvalue weighted by atomic mass is 9.85. The number of aliphatic hydroxyl groups is 6. The fraction of sp³-hybridized carbons (Fsp3) is 0.673. The van der Waals surface area contributed by atoms with E-state index in [2.05, 4.69) is 42.7 Å². The summed E-state index contributed by atoms with van der Waals surface area (Å²) < 4.78 is 49.1. The molecule has 0 aromatic carbocycles. The molecule has 0 radical (unpaired) electrons. The zero-order valence-corrected chi connectivity index (χ0v) is 42.2. The minimum absolute atomic E-state index is 0.00487. The Morgan fingerprint density at radius 2 is 1.03 bits per heavy atom. The number of rotatable bonds is 39. The quantitative estimate of drug-likeness (QED) is 0.00957. The third kappa shape index (κ3) is 33.4. The molecule has 0 aromatic heterocycles. The standard InChI is InChI=1S/C49H82O18P2/c1-3-5-7-8-9-10-11-12-13-14-15-16-17-18-22-25-29-35-42(52)63-37-41(38-64-69(61,62)67-49-46(56)44(54)45(55)48(47(49)57)66-68(58,59)60)65-43(53)36-30-34-40(51)33-28-24-21-19-20-23-27-32-39(50)31-26-6-4-2/h12-13,15-16,18,20-24,27-28,32-33,39-41,44-51,54-57H,3-11,14,17,19,25-26,29-31,34-38H2,1-2H3,(H,61,62)(H2,58,59,60)/b13-12-,16-15-,22-18-,23-20-,24-21-,32-27+,33-28+/t39-,40-,41-,44?,45?,46?,47?,48-,49+/m1/s1. The Labute approximate surface area is 409 Å². The second kappa shape index (κ2) is 38.7. The summed E-state index contributed by atoms with van der Waals surface area (Å²) in [5.41, 5.74) is 0. The maximum Gasteiger partial charge on any atom is 0.472 e.